The lowest BCUT2D eigenvalue weighted by Gasteiger charge is -2.14. The average molecular weight is 271 g/mol. The summed E-state index contributed by atoms with van der Waals surface area (Å²) in [4.78, 5) is 11.9. The molecule has 0 radical (unpaired) electrons. The first-order valence-electron chi connectivity index (χ1n) is 6.99. The predicted octanol–water partition coefficient (Wildman–Crippen LogP) is 3.97. The van der Waals surface area contributed by atoms with Gasteiger partial charge in [0.05, 0.1) is 12.3 Å². The van der Waals surface area contributed by atoms with Gasteiger partial charge < -0.3 is 9.73 Å². The number of carbonyl (C=O) groups is 1. The molecule has 0 fully saturated rings. The van der Waals surface area contributed by atoms with Gasteiger partial charge in [0.25, 0.3) is 5.91 Å². The Balaban J connectivity index is 1.98. The molecule has 0 saturated heterocycles. The van der Waals surface area contributed by atoms with Gasteiger partial charge >= 0.3 is 0 Å². The highest BCUT2D eigenvalue weighted by atomic mass is 16.3. The number of amides is 1. The van der Waals surface area contributed by atoms with E-state index < -0.39 is 0 Å². The maximum absolute atomic E-state index is 11.9. The van der Waals surface area contributed by atoms with Gasteiger partial charge in [-0.3, -0.25) is 4.79 Å². The van der Waals surface area contributed by atoms with Gasteiger partial charge in [0, 0.05) is 0 Å². The van der Waals surface area contributed by atoms with E-state index in [1.807, 2.05) is 6.92 Å². The molecule has 0 aliphatic rings. The molecule has 3 heteroatoms. The fraction of sp³-hybridized carbons (Fsp3) is 0.353. The molecule has 20 heavy (non-hydrogen) atoms. The average Bonchev–Trinajstić information content (AvgIpc) is 2.92. The minimum absolute atomic E-state index is 0.0410. The van der Waals surface area contributed by atoms with Crippen molar-refractivity contribution in [3.8, 4) is 0 Å². The van der Waals surface area contributed by atoms with Gasteiger partial charge in [0.2, 0.25) is 0 Å². The van der Waals surface area contributed by atoms with Crippen LogP contribution in [0.5, 0.6) is 0 Å². The lowest BCUT2D eigenvalue weighted by Crippen LogP contribution is -2.26. The summed E-state index contributed by atoms with van der Waals surface area (Å²) in [5, 5.41) is 2.93. The van der Waals surface area contributed by atoms with Gasteiger partial charge in [-0.1, -0.05) is 38.1 Å². The van der Waals surface area contributed by atoms with Crippen LogP contribution in [-0.4, -0.2) is 5.91 Å². The minimum Gasteiger partial charge on any atom is -0.459 e. The molecule has 2 aromatic rings. The van der Waals surface area contributed by atoms with Crippen LogP contribution in [0, 0.1) is 5.92 Å². The van der Waals surface area contributed by atoms with E-state index in [-0.39, 0.29) is 11.9 Å². The summed E-state index contributed by atoms with van der Waals surface area (Å²) >= 11 is 0. The summed E-state index contributed by atoms with van der Waals surface area (Å²) < 4.78 is 5.08. The molecule has 106 valence electrons. The van der Waals surface area contributed by atoms with Gasteiger partial charge in [0.15, 0.2) is 5.76 Å². The van der Waals surface area contributed by atoms with Gasteiger partial charge in [-0.25, -0.2) is 0 Å². The van der Waals surface area contributed by atoms with Crippen LogP contribution in [0.15, 0.2) is 47.1 Å². The fourth-order valence-corrected chi connectivity index (χ4v) is 2.17. The van der Waals surface area contributed by atoms with Crippen LogP contribution < -0.4 is 5.32 Å². The van der Waals surface area contributed by atoms with E-state index in [2.05, 4.69) is 43.4 Å². The Labute approximate surface area is 120 Å². The van der Waals surface area contributed by atoms with E-state index in [0.29, 0.717) is 11.7 Å². The number of benzene rings is 1. The summed E-state index contributed by atoms with van der Waals surface area (Å²) in [5.74, 6) is 0.805. The third-order valence-electron chi connectivity index (χ3n) is 3.22. The lowest BCUT2D eigenvalue weighted by molar-refractivity contribution is 0.0912. The molecule has 1 atom stereocenters. The lowest BCUT2D eigenvalue weighted by atomic mass is 10.00. The Bertz CT molecular complexity index is 541. The largest absolute Gasteiger partial charge is 0.459 e. The van der Waals surface area contributed by atoms with Crippen LogP contribution in [0.2, 0.25) is 0 Å². The number of furan rings is 1. The first-order valence-corrected chi connectivity index (χ1v) is 6.99. The molecule has 1 N–H and O–H groups in total. The highest BCUT2D eigenvalue weighted by Gasteiger charge is 2.13. The smallest absolute Gasteiger partial charge is 0.287 e. The van der Waals surface area contributed by atoms with E-state index in [1.54, 1.807) is 12.1 Å². The molecule has 2 rings (SSSR count). The van der Waals surface area contributed by atoms with Crippen molar-refractivity contribution in [1.29, 1.82) is 0 Å². The summed E-state index contributed by atoms with van der Waals surface area (Å²) in [6.45, 7) is 6.39. The SMILES string of the molecule is CC(C)Cc1ccc([C@H](C)NC(=O)c2ccco2)cc1. The molecule has 0 saturated carbocycles. The zero-order valence-corrected chi connectivity index (χ0v) is 12.2. The number of hydrogen-bond donors (Lipinski definition) is 1. The Morgan fingerprint density at radius 1 is 1.15 bits per heavy atom. The van der Waals surface area contributed by atoms with Crippen molar-refractivity contribution < 1.29 is 9.21 Å². The van der Waals surface area contributed by atoms with Crippen LogP contribution in [0.25, 0.3) is 0 Å². The molecule has 3 nitrogen and oxygen atoms in total. The Morgan fingerprint density at radius 2 is 1.85 bits per heavy atom. The van der Waals surface area contributed by atoms with Crippen molar-refractivity contribution in [2.45, 2.75) is 33.2 Å². The number of rotatable bonds is 5. The first kappa shape index (κ1) is 14.4. The fourth-order valence-electron chi connectivity index (χ4n) is 2.17. The molecule has 0 aliphatic heterocycles. The molecule has 1 heterocycles. The van der Waals surface area contributed by atoms with Crippen molar-refractivity contribution in [2.24, 2.45) is 5.92 Å². The van der Waals surface area contributed by atoms with Crippen LogP contribution in [-0.2, 0) is 6.42 Å². The topological polar surface area (TPSA) is 42.2 Å². The molecule has 0 spiro atoms. The minimum atomic E-state index is -0.186. The second kappa shape index (κ2) is 6.42. The monoisotopic (exact) mass is 271 g/mol. The van der Waals surface area contributed by atoms with Crippen molar-refractivity contribution in [3.05, 3.63) is 59.5 Å². The van der Waals surface area contributed by atoms with Gasteiger partial charge in [-0.15, -0.1) is 0 Å². The molecular weight excluding hydrogens is 250 g/mol. The summed E-state index contributed by atoms with van der Waals surface area (Å²) in [7, 11) is 0. The molecule has 0 bridgehead atoms. The zero-order valence-electron chi connectivity index (χ0n) is 12.2. The number of nitrogens with one attached hydrogen (secondary N) is 1. The van der Waals surface area contributed by atoms with Crippen LogP contribution in [0.3, 0.4) is 0 Å². The Morgan fingerprint density at radius 3 is 2.40 bits per heavy atom. The van der Waals surface area contributed by atoms with Crippen LogP contribution in [0.1, 0.15) is 48.5 Å². The molecule has 1 aromatic carbocycles. The van der Waals surface area contributed by atoms with Gasteiger partial charge in [-0.05, 0) is 42.5 Å². The van der Waals surface area contributed by atoms with Gasteiger partial charge in [-0.2, -0.15) is 0 Å². The van der Waals surface area contributed by atoms with Crippen molar-refractivity contribution >= 4 is 5.91 Å². The molecular formula is C17H21NO2. The highest BCUT2D eigenvalue weighted by Crippen LogP contribution is 2.16. The number of carbonyl (C=O) groups excluding carboxylic acids is 1. The molecule has 0 unspecified atom stereocenters. The standard InChI is InChI=1S/C17H21NO2/c1-12(2)11-14-6-8-15(9-7-14)13(3)18-17(19)16-5-4-10-20-16/h4-10,12-13H,11H2,1-3H3,(H,18,19)/t13-/m0/s1. The summed E-state index contributed by atoms with van der Waals surface area (Å²) in [6.07, 6.45) is 2.58. The van der Waals surface area contributed by atoms with E-state index in [9.17, 15) is 4.79 Å². The van der Waals surface area contributed by atoms with Crippen molar-refractivity contribution in [2.75, 3.05) is 0 Å². The van der Waals surface area contributed by atoms with Gasteiger partial charge in [0.1, 0.15) is 0 Å². The van der Waals surface area contributed by atoms with E-state index in [1.165, 1.54) is 11.8 Å². The predicted molar refractivity (Wildman–Crippen MR) is 79.6 cm³/mol. The Hall–Kier alpha value is -2.03. The second-order valence-electron chi connectivity index (χ2n) is 5.51. The Kier molecular flexibility index (Phi) is 4.61. The summed E-state index contributed by atoms with van der Waals surface area (Å²) in [5.41, 5.74) is 2.42. The van der Waals surface area contributed by atoms with Crippen LogP contribution >= 0.6 is 0 Å². The second-order valence-corrected chi connectivity index (χ2v) is 5.51. The highest BCUT2D eigenvalue weighted by molar-refractivity contribution is 5.91. The van der Waals surface area contributed by atoms with E-state index >= 15 is 0 Å². The third kappa shape index (κ3) is 3.73. The quantitative estimate of drug-likeness (QED) is 0.894. The first-order chi connectivity index (χ1) is 9.56. The van der Waals surface area contributed by atoms with E-state index in [4.69, 9.17) is 4.42 Å². The van der Waals surface area contributed by atoms with Crippen molar-refractivity contribution in [1.82, 2.24) is 5.32 Å². The maximum Gasteiger partial charge on any atom is 0.287 e. The van der Waals surface area contributed by atoms with Crippen LogP contribution in [0.4, 0.5) is 0 Å². The number of hydrogen-bond acceptors (Lipinski definition) is 2. The molecule has 0 aliphatic carbocycles. The maximum atomic E-state index is 11.9. The zero-order chi connectivity index (χ0) is 14.5. The van der Waals surface area contributed by atoms with E-state index in [0.717, 1.165) is 12.0 Å². The third-order valence-corrected chi connectivity index (χ3v) is 3.22. The van der Waals surface area contributed by atoms with Crippen molar-refractivity contribution in [3.63, 3.8) is 0 Å². The molecule has 1 aromatic heterocycles. The molecule has 1 amide bonds. The summed E-state index contributed by atoms with van der Waals surface area (Å²) in [6, 6.07) is 11.7. The normalized spacial score (nSPS) is 12.4.